The highest BCUT2D eigenvalue weighted by Gasteiger charge is 2.37. The van der Waals surface area contributed by atoms with Gasteiger partial charge in [-0.3, -0.25) is 4.79 Å². The standard InChI is InChI=1S/C12H20N2O5/c1-2-12(6-3-7-12)14-11(19)13-8(10(17)18)4-5-9(15)16/h8H,2-7H2,1H3,(H,15,16)(H,17,18)(H2,13,14,19)/t8-/m0/s1. The minimum absolute atomic E-state index is 0.128. The number of aliphatic carboxylic acids is 2. The van der Waals surface area contributed by atoms with Crippen LogP contribution in [-0.2, 0) is 9.59 Å². The molecule has 1 fully saturated rings. The molecule has 1 aliphatic carbocycles. The molecule has 19 heavy (non-hydrogen) atoms. The zero-order valence-corrected chi connectivity index (χ0v) is 10.9. The lowest BCUT2D eigenvalue weighted by Crippen LogP contribution is -2.58. The van der Waals surface area contributed by atoms with Crippen molar-refractivity contribution >= 4 is 18.0 Å². The second-order valence-corrected chi connectivity index (χ2v) is 4.91. The minimum Gasteiger partial charge on any atom is -0.481 e. The van der Waals surface area contributed by atoms with Gasteiger partial charge in [-0.25, -0.2) is 9.59 Å². The average molecular weight is 272 g/mol. The normalized spacial score (nSPS) is 17.9. The van der Waals surface area contributed by atoms with Crippen LogP contribution >= 0.6 is 0 Å². The summed E-state index contributed by atoms with van der Waals surface area (Å²) >= 11 is 0. The fourth-order valence-electron chi connectivity index (χ4n) is 2.13. The molecular formula is C12H20N2O5. The second kappa shape index (κ2) is 6.40. The first-order chi connectivity index (χ1) is 8.88. The summed E-state index contributed by atoms with van der Waals surface area (Å²) in [6.45, 7) is 1.97. The Labute approximate surface area is 111 Å². The summed E-state index contributed by atoms with van der Waals surface area (Å²) in [5.41, 5.74) is -0.222. The molecule has 108 valence electrons. The Kier molecular flexibility index (Phi) is 5.14. The Balaban J connectivity index is 2.47. The minimum atomic E-state index is -1.23. The molecular weight excluding hydrogens is 252 g/mol. The number of nitrogens with one attached hydrogen (secondary N) is 2. The molecule has 2 amide bonds. The van der Waals surface area contributed by atoms with Crippen molar-refractivity contribution in [2.75, 3.05) is 0 Å². The van der Waals surface area contributed by atoms with Gasteiger partial charge in [0, 0.05) is 12.0 Å². The third-order valence-corrected chi connectivity index (χ3v) is 3.62. The summed E-state index contributed by atoms with van der Waals surface area (Å²) in [6.07, 6.45) is 3.21. The lowest BCUT2D eigenvalue weighted by Gasteiger charge is -2.42. The number of carboxylic acid groups (broad SMARTS) is 2. The third kappa shape index (κ3) is 4.42. The summed E-state index contributed by atoms with van der Waals surface area (Å²) in [7, 11) is 0. The first-order valence-corrected chi connectivity index (χ1v) is 6.42. The van der Waals surface area contributed by atoms with E-state index in [1.807, 2.05) is 6.92 Å². The van der Waals surface area contributed by atoms with Crippen LogP contribution in [0.5, 0.6) is 0 Å². The van der Waals surface area contributed by atoms with Crippen LogP contribution < -0.4 is 10.6 Å². The monoisotopic (exact) mass is 272 g/mol. The van der Waals surface area contributed by atoms with Crippen molar-refractivity contribution in [3.05, 3.63) is 0 Å². The van der Waals surface area contributed by atoms with E-state index in [1.54, 1.807) is 0 Å². The summed E-state index contributed by atoms with van der Waals surface area (Å²) in [5.74, 6) is -2.31. The lowest BCUT2D eigenvalue weighted by atomic mass is 9.75. The predicted molar refractivity (Wildman–Crippen MR) is 66.8 cm³/mol. The Morgan fingerprint density at radius 3 is 2.26 bits per heavy atom. The third-order valence-electron chi connectivity index (χ3n) is 3.62. The molecule has 1 aliphatic rings. The van der Waals surface area contributed by atoms with Crippen LogP contribution in [0.2, 0.25) is 0 Å². The fourth-order valence-corrected chi connectivity index (χ4v) is 2.13. The van der Waals surface area contributed by atoms with Crippen molar-refractivity contribution in [3.63, 3.8) is 0 Å². The van der Waals surface area contributed by atoms with E-state index < -0.39 is 24.0 Å². The quantitative estimate of drug-likeness (QED) is 0.550. The largest absolute Gasteiger partial charge is 0.481 e. The molecule has 0 bridgehead atoms. The molecule has 1 rings (SSSR count). The van der Waals surface area contributed by atoms with Crippen LogP contribution in [0.4, 0.5) is 4.79 Å². The number of hydrogen-bond acceptors (Lipinski definition) is 3. The van der Waals surface area contributed by atoms with E-state index in [9.17, 15) is 14.4 Å². The first-order valence-electron chi connectivity index (χ1n) is 6.42. The zero-order chi connectivity index (χ0) is 14.5. The van der Waals surface area contributed by atoms with Gasteiger partial charge >= 0.3 is 18.0 Å². The molecule has 4 N–H and O–H groups in total. The predicted octanol–water partition coefficient (Wildman–Crippen LogP) is 0.936. The molecule has 0 saturated heterocycles. The smallest absolute Gasteiger partial charge is 0.326 e. The van der Waals surface area contributed by atoms with E-state index in [0.29, 0.717) is 0 Å². The van der Waals surface area contributed by atoms with Gasteiger partial charge in [0.1, 0.15) is 6.04 Å². The van der Waals surface area contributed by atoms with Gasteiger partial charge in [0.2, 0.25) is 0 Å². The van der Waals surface area contributed by atoms with Crippen LogP contribution in [0.1, 0.15) is 45.4 Å². The van der Waals surface area contributed by atoms with Gasteiger partial charge in [-0.1, -0.05) is 6.92 Å². The Morgan fingerprint density at radius 2 is 1.89 bits per heavy atom. The van der Waals surface area contributed by atoms with Gasteiger partial charge in [-0.05, 0) is 32.1 Å². The van der Waals surface area contributed by atoms with E-state index in [4.69, 9.17) is 10.2 Å². The number of carboxylic acids is 2. The molecule has 0 spiro atoms. The first kappa shape index (κ1) is 15.3. The molecule has 0 aromatic heterocycles. The van der Waals surface area contributed by atoms with Crippen LogP contribution in [-0.4, -0.2) is 39.8 Å². The van der Waals surface area contributed by atoms with Crippen LogP contribution in [0.3, 0.4) is 0 Å². The Morgan fingerprint density at radius 1 is 1.26 bits per heavy atom. The van der Waals surface area contributed by atoms with Gasteiger partial charge in [0.05, 0.1) is 0 Å². The lowest BCUT2D eigenvalue weighted by molar-refractivity contribution is -0.140. The molecule has 0 aliphatic heterocycles. The topological polar surface area (TPSA) is 116 Å². The second-order valence-electron chi connectivity index (χ2n) is 4.91. The van der Waals surface area contributed by atoms with Crippen LogP contribution in [0.15, 0.2) is 0 Å². The fraction of sp³-hybridized carbons (Fsp3) is 0.750. The molecule has 0 aromatic carbocycles. The molecule has 0 aromatic rings. The Hall–Kier alpha value is -1.79. The maximum atomic E-state index is 11.7. The summed E-state index contributed by atoms with van der Waals surface area (Å²) in [6, 6.07) is -1.72. The summed E-state index contributed by atoms with van der Waals surface area (Å²) in [4.78, 5) is 33.1. The van der Waals surface area contributed by atoms with E-state index in [-0.39, 0.29) is 18.4 Å². The van der Waals surface area contributed by atoms with Gasteiger partial charge in [0.25, 0.3) is 0 Å². The van der Waals surface area contributed by atoms with Crippen molar-refractivity contribution < 1.29 is 24.6 Å². The number of amides is 2. The highest BCUT2D eigenvalue weighted by atomic mass is 16.4. The van der Waals surface area contributed by atoms with E-state index >= 15 is 0 Å². The number of urea groups is 1. The molecule has 1 saturated carbocycles. The summed E-state index contributed by atoms with van der Waals surface area (Å²) < 4.78 is 0. The maximum Gasteiger partial charge on any atom is 0.326 e. The highest BCUT2D eigenvalue weighted by molar-refractivity contribution is 5.83. The van der Waals surface area contributed by atoms with E-state index in [0.717, 1.165) is 25.7 Å². The molecule has 7 heteroatoms. The maximum absolute atomic E-state index is 11.7. The van der Waals surface area contributed by atoms with Crippen molar-refractivity contribution in [3.8, 4) is 0 Å². The van der Waals surface area contributed by atoms with E-state index in [1.165, 1.54) is 0 Å². The highest BCUT2D eigenvalue weighted by Crippen LogP contribution is 2.34. The van der Waals surface area contributed by atoms with Crippen LogP contribution in [0, 0.1) is 0 Å². The van der Waals surface area contributed by atoms with Crippen molar-refractivity contribution in [2.24, 2.45) is 0 Å². The molecule has 7 nitrogen and oxygen atoms in total. The number of carbonyl (C=O) groups excluding carboxylic acids is 1. The van der Waals surface area contributed by atoms with Crippen LogP contribution in [0.25, 0.3) is 0 Å². The van der Waals surface area contributed by atoms with Crippen molar-refractivity contribution in [1.29, 1.82) is 0 Å². The van der Waals surface area contributed by atoms with Gasteiger partial charge in [0.15, 0.2) is 0 Å². The average Bonchev–Trinajstić information content (AvgIpc) is 2.28. The SMILES string of the molecule is CCC1(NC(=O)N[C@@H](CCC(=O)O)C(=O)O)CCC1. The van der Waals surface area contributed by atoms with Crippen molar-refractivity contribution in [1.82, 2.24) is 10.6 Å². The van der Waals surface area contributed by atoms with Gasteiger partial charge in [-0.15, -0.1) is 0 Å². The van der Waals surface area contributed by atoms with Gasteiger partial charge < -0.3 is 20.8 Å². The Bertz CT molecular complexity index is 360. The summed E-state index contributed by atoms with van der Waals surface area (Å²) in [5, 5.41) is 22.6. The molecule has 0 unspecified atom stereocenters. The molecule has 1 atom stereocenters. The molecule has 0 radical (unpaired) electrons. The number of rotatable bonds is 7. The number of carbonyl (C=O) groups is 3. The number of hydrogen-bond donors (Lipinski definition) is 4. The zero-order valence-electron chi connectivity index (χ0n) is 10.9. The van der Waals surface area contributed by atoms with Gasteiger partial charge in [-0.2, -0.15) is 0 Å². The van der Waals surface area contributed by atoms with E-state index in [2.05, 4.69) is 10.6 Å². The molecule has 0 heterocycles. The van der Waals surface area contributed by atoms with Crippen molar-refractivity contribution in [2.45, 2.75) is 57.0 Å².